The molecule has 4 nitrogen and oxygen atoms in total. The van der Waals surface area contributed by atoms with E-state index in [-0.39, 0.29) is 11.9 Å². The second kappa shape index (κ2) is 11.5. The molecule has 0 aromatic heterocycles. The van der Waals surface area contributed by atoms with Gasteiger partial charge in [0.2, 0.25) is 5.91 Å². The zero-order valence-electron chi connectivity index (χ0n) is 12.2. The molecule has 0 aromatic rings. The Bertz CT molecular complexity index is 204. The van der Waals surface area contributed by atoms with Crippen LogP contribution in [0.3, 0.4) is 0 Å². The number of amides is 1. The summed E-state index contributed by atoms with van der Waals surface area (Å²) in [4.78, 5) is 11.8. The molecule has 0 bridgehead atoms. The monoisotopic (exact) mass is 258 g/mol. The summed E-state index contributed by atoms with van der Waals surface area (Å²) in [5.41, 5.74) is 5.55. The fourth-order valence-electron chi connectivity index (χ4n) is 2.17. The molecule has 0 fully saturated rings. The first-order chi connectivity index (χ1) is 8.67. The van der Waals surface area contributed by atoms with Crippen LogP contribution in [0.15, 0.2) is 0 Å². The SMILES string of the molecule is CCCC(COC)NC(=O)CCC(CC)CCN. The predicted octanol–water partition coefficient (Wildman–Crippen LogP) is 2.07. The standard InChI is InChI=1S/C14H30N2O2/c1-4-6-13(11-18-3)16-14(17)8-7-12(5-2)9-10-15/h12-13H,4-11,15H2,1-3H3,(H,16,17). The highest BCUT2D eigenvalue weighted by molar-refractivity contribution is 5.76. The molecule has 0 aliphatic rings. The Morgan fingerprint density at radius 2 is 2.00 bits per heavy atom. The maximum Gasteiger partial charge on any atom is 0.220 e. The van der Waals surface area contributed by atoms with E-state index in [0.29, 0.717) is 25.5 Å². The van der Waals surface area contributed by atoms with Gasteiger partial charge in [0.15, 0.2) is 0 Å². The molecule has 0 spiro atoms. The topological polar surface area (TPSA) is 64.3 Å². The lowest BCUT2D eigenvalue weighted by atomic mass is 9.96. The van der Waals surface area contributed by atoms with Crippen molar-refractivity contribution in [2.45, 2.75) is 58.4 Å². The number of nitrogens with one attached hydrogen (secondary N) is 1. The molecule has 1 amide bonds. The van der Waals surface area contributed by atoms with Gasteiger partial charge in [0.05, 0.1) is 12.6 Å². The average molecular weight is 258 g/mol. The molecule has 2 atom stereocenters. The molecule has 2 unspecified atom stereocenters. The minimum absolute atomic E-state index is 0.140. The summed E-state index contributed by atoms with van der Waals surface area (Å²) in [6.07, 6.45) is 5.67. The van der Waals surface area contributed by atoms with Crippen LogP contribution < -0.4 is 11.1 Å². The van der Waals surface area contributed by atoms with E-state index in [1.807, 2.05) is 0 Å². The van der Waals surface area contributed by atoms with Crippen LogP contribution in [-0.4, -0.2) is 32.2 Å². The lowest BCUT2D eigenvalue weighted by molar-refractivity contribution is -0.122. The van der Waals surface area contributed by atoms with Crippen molar-refractivity contribution in [3.05, 3.63) is 0 Å². The van der Waals surface area contributed by atoms with E-state index in [4.69, 9.17) is 10.5 Å². The zero-order chi connectivity index (χ0) is 13.8. The molecule has 0 aliphatic carbocycles. The molecule has 4 heteroatoms. The van der Waals surface area contributed by atoms with Crippen LogP contribution in [0.5, 0.6) is 0 Å². The molecule has 0 radical (unpaired) electrons. The summed E-state index contributed by atoms with van der Waals surface area (Å²) >= 11 is 0. The van der Waals surface area contributed by atoms with Crippen LogP contribution in [0.4, 0.5) is 0 Å². The number of hydrogen-bond donors (Lipinski definition) is 2. The molecule has 0 aliphatic heterocycles. The Morgan fingerprint density at radius 1 is 1.28 bits per heavy atom. The van der Waals surface area contributed by atoms with E-state index in [2.05, 4.69) is 19.2 Å². The lowest BCUT2D eigenvalue weighted by Crippen LogP contribution is -2.38. The van der Waals surface area contributed by atoms with E-state index < -0.39 is 0 Å². The van der Waals surface area contributed by atoms with Crippen molar-refractivity contribution in [3.8, 4) is 0 Å². The smallest absolute Gasteiger partial charge is 0.220 e. The van der Waals surface area contributed by atoms with Crippen LogP contribution in [0, 0.1) is 5.92 Å². The number of methoxy groups -OCH3 is 1. The summed E-state index contributed by atoms with van der Waals surface area (Å²) in [6, 6.07) is 0.155. The van der Waals surface area contributed by atoms with Crippen LogP contribution >= 0.6 is 0 Å². The van der Waals surface area contributed by atoms with Crippen molar-refractivity contribution < 1.29 is 9.53 Å². The zero-order valence-corrected chi connectivity index (χ0v) is 12.2. The third-order valence-corrected chi connectivity index (χ3v) is 3.30. The molecular weight excluding hydrogens is 228 g/mol. The second-order valence-corrected chi connectivity index (χ2v) is 4.90. The molecule has 0 rings (SSSR count). The molecule has 108 valence electrons. The van der Waals surface area contributed by atoms with Crippen LogP contribution in [-0.2, 0) is 9.53 Å². The van der Waals surface area contributed by atoms with Gasteiger partial charge in [0.25, 0.3) is 0 Å². The fraction of sp³-hybridized carbons (Fsp3) is 0.929. The fourth-order valence-corrected chi connectivity index (χ4v) is 2.17. The van der Waals surface area contributed by atoms with Gasteiger partial charge in [-0.2, -0.15) is 0 Å². The average Bonchev–Trinajstić information content (AvgIpc) is 2.35. The summed E-state index contributed by atoms with van der Waals surface area (Å²) in [7, 11) is 1.67. The van der Waals surface area contributed by atoms with Crippen molar-refractivity contribution in [1.29, 1.82) is 0 Å². The van der Waals surface area contributed by atoms with Gasteiger partial charge in [-0.05, 0) is 31.7 Å². The highest BCUT2D eigenvalue weighted by Crippen LogP contribution is 2.14. The Morgan fingerprint density at radius 3 is 2.50 bits per heavy atom. The molecule has 0 saturated heterocycles. The molecule has 0 heterocycles. The van der Waals surface area contributed by atoms with Gasteiger partial charge < -0.3 is 15.8 Å². The summed E-state index contributed by atoms with van der Waals surface area (Å²) in [5.74, 6) is 0.716. The van der Waals surface area contributed by atoms with Crippen molar-refractivity contribution in [3.63, 3.8) is 0 Å². The minimum Gasteiger partial charge on any atom is -0.383 e. The third kappa shape index (κ3) is 8.48. The second-order valence-electron chi connectivity index (χ2n) is 4.90. The lowest BCUT2D eigenvalue weighted by Gasteiger charge is -2.18. The van der Waals surface area contributed by atoms with Gasteiger partial charge in [-0.1, -0.05) is 26.7 Å². The van der Waals surface area contributed by atoms with Crippen molar-refractivity contribution in [2.75, 3.05) is 20.3 Å². The number of hydrogen-bond acceptors (Lipinski definition) is 3. The Labute approximate surface area is 112 Å². The highest BCUT2D eigenvalue weighted by Gasteiger charge is 2.13. The number of rotatable bonds is 11. The maximum atomic E-state index is 11.8. The molecule has 18 heavy (non-hydrogen) atoms. The Balaban J connectivity index is 3.91. The minimum atomic E-state index is 0.140. The van der Waals surface area contributed by atoms with E-state index in [9.17, 15) is 4.79 Å². The van der Waals surface area contributed by atoms with E-state index in [1.54, 1.807) is 7.11 Å². The van der Waals surface area contributed by atoms with E-state index in [1.165, 1.54) is 0 Å². The van der Waals surface area contributed by atoms with Gasteiger partial charge in [-0.3, -0.25) is 4.79 Å². The number of carbonyl (C=O) groups is 1. The van der Waals surface area contributed by atoms with Gasteiger partial charge in [-0.15, -0.1) is 0 Å². The first kappa shape index (κ1) is 17.4. The molecule has 0 saturated carbocycles. The molecule has 3 N–H and O–H groups in total. The molecular formula is C14H30N2O2. The normalized spacial score (nSPS) is 14.2. The maximum absolute atomic E-state index is 11.8. The highest BCUT2D eigenvalue weighted by atomic mass is 16.5. The van der Waals surface area contributed by atoms with E-state index in [0.717, 1.165) is 32.1 Å². The van der Waals surface area contributed by atoms with Gasteiger partial charge in [0, 0.05) is 13.5 Å². The third-order valence-electron chi connectivity index (χ3n) is 3.30. The Hall–Kier alpha value is -0.610. The molecule has 0 aromatic carbocycles. The van der Waals surface area contributed by atoms with Gasteiger partial charge >= 0.3 is 0 Å². The largest absolute Gasteiger partial charge is 0.383 e. The van der Waals surface area contributed by atoms with Gasteiger partial charge in [-0.25, -0.2) is 0 Å². The van der Waals surface area contributed by atoms with E-state index >= 15 is 0 Å². The number of carbonyl (C=O) groups excluding carboxylic acids is 1. The number of nitrogens with two attached hydrogens (primary N) is 1. The van der Waals surface area contributed by atoms with Crippen LogP contribution in [0.2, 0.25) is 0 Å². The summed E-state index contributed by atoms with van der Waals surface area (Å²) in [5, 5.41) is 3.05. The summed E-state index contributed by atoms with van der Waals surface area (Å²) in [6.45, 7) is 5.58. The van der Waals surface area contributed by atoms with Crippen molar-refractivity contribution >= 4 is 5.91 Å². The van der Waals surface area contributed by atoms with Gasteiger partial charge in [0.1, 0.15) is 0 Å². The van der Waals surface area contributed by atoms with Crippen LogP contribution in [0.1, 0.15) is 52.4 Å². The predicted molar refractivity (Wildman–Crippen MR) is 75.4 cm³/mol. The summed E-state index contributed by atoms with van der Waals surface area (Å²) < 4.78 is 5.11. The first-order valence-electron chi connectivity index (χ1n) is 7.16. The van der Waals surface area contributed by atoms with Crippen molar-refractivity contribution in [2.24, 2.45) is 11.7 Å². The quantitative estimate of drug-likeness (QED) is 0.596. The first-order valence-corrected chi connectivity index (χ1v) is 7.16. The van der Waals surface area contributed by atoms with Crippen LogP contribution in [0.25, 0.3) is 0 Å². The Kier molecular flexibility index (Phi) is 11.1. The number of ether oxygens (including phenoxy) is 1. The van der Waals surface area contributed by atoms with Crippen molar-refractivity contribution in [1.82, 2.24) is 5.32 Å².